The first-order chi connectivity index (χ1) is 17.3. The maximum Gasteiger partial charge on any atom is 0.191 e. The predicted octanol–water partition coefficient (Wildman–Crippen LogP) is 4.17. The van der Waals surface area contributed by atoms with Crippen molar-refractivity contribution in [3.63, 3.8) is 0 Å². The molecule has 3 heterocycles. The summed E-state index contributed by atoms with van der Waals surface area (Å²) in [6, 6.07) is 5.03. The fraction of sp³-hybridized carbons (Fsp3) is 0.346. The van der Waals surface area contributed by atoms with Crippen molar-refractivity contribution in [2.24, 2.45) is 7.05 Å². The first-order valence-corrected chi connectivity index (χ1v) is 11.8. The van der Waals surface area contributed by atoms with Crippen LogP contribution in [-0.4, -0.2) is 56.0 Å². The third-order valence-electron chi connectivity index (χ3n) is 6.67. The summed E-state index contributed by atoms with van der Waals surface area (Å²) < 4.78 is 38.0. The SMILES string of the molecule is COc1cc(CO)c(F)c(N2CCN(C(C)C)Cc3c2ccc2ncc(-c4cnn(C)c4)nc32)c1F. The standard InChI is InChI=1S/C26H28F2N6O2/c1-15(2)33-7-8-34(26-23(27)16(14-35)9-22(36-4)24(26)28)21-6-5-19-25(18(21)13-33)31-20(11-29-19)17-10-30-32(3)12-17/h5-6,9-12,15,35H,7-8,13-14H2,1-4H3. The summed E-state index contributed by atoms with van der Waals surface area (Å²) in [7, 11) is 3.15. The summed E-state index contributed by atoms with van der Waals surface area (Å²) in [5.74, 6) is -1.75. The molecule has 1 aliphatic rings. The number of aliphatic hydroxyl groups is 1. The minimum atomic E-state index is -0.813. The van der Waals surface area contributed by atoms with Gasteiger partial charge in [-0.15, -0.1) is 0 Å². The van der Waals surface area contributed by atoms with E-state index in [1.54, 1.807) is 22.0 Å². The van der Waals surface area contributed by atoms with Gasteiger partial charge in [0.2, 0.25) is 0 Å². The van der Waals surface area contributed by atoms with Crippen LogP contribution in [-0.2, 0) is 20.2 Å². The number of hydrogen-bond donors (Lipinski definition) is 1. The number of methoxy groups -OCH3 is 1. The molecular formula is C26H28F2N6O2. The number of rotatable bonds is 5. The van der Waals surface area contributed by atoms with Gasteiger partial charge in [-0.3, -0.25) is 14.6 Å². The Kier molecular flexibility index (Phi) is 6.31. The van der Waals surface area contributed by atoms with E-state index >= 15 is 8.78 Å². The second kappa shape index (κ2) is 9.44. The van der Waals surface area contributed by atoms with Crippen molar-refractivity contribution in [1.82, 2.24) is 24.6 Å². The minimum absolute atomic E-state index is 0.0331. The largest absolute Gasteiger partial charge is 0.494 e. The van der Waals surface area contributed by atoms with Crippen LogP contribution < -0.4 is 9.64 Å². The molecular weight excluding hydrogens is 466 g/mol. The lowest BCUT2D eigenvalue weighted by Crippen LogP contribution is -2.34. The van der Waals surface area contributed by atoms with Gasteiger partial charge in [0.25, 0.3) is 0 Å². The number of aromatic nitrogens is 4. The zero-order valence-corrected chi connectivity index (χ0v) is 20.7. The van der Waals surface area contributed by atoms with Crippen molar-refractivity contribution in [1.29, 1.82) is 0 Å². The highest BCUT2D eigenvalue weighted by Gasteiger charge is 2.30. The number of aliphatic hydroxyl groups excluding tert-OH is 1. The molecule has 36 heavy (non-hydrogen) atoms. The van der Waals surface area contributed by atoms with Crippen LogP contribution in [0.1, 0.15) is 25.0 Å². The van der Waals surface area contributed by atoms with Crippen LogP contribution in [0.5, 0.6) is 5.75 Å². The maximum absolute atomic E-state index is 15.6. The molecule has 188 valence electrons. The Balaban J connectivity index is 1.76. The van der Waals surface area contributed by atoms with E-state index in [1.807, 2.05) is 25.4 Å². The van der Waals surface area contributed by atoms with Crippen molar-refractivity contribution in [3.05, 3.63) is 59.6 Å². The van der Waals surface area contributed by atoms with Gasteiger partial charge in [-0.1, -0.05) is 0 Å². The van der Waals surface area contributed by atoms with Gasteiger partial charge in [-0.05, 0) is 32.0 Å². The van der Waals surface area contributed by atoms with Crippen LogP contribution in [0.15, 0.2) is 36.8 Å². The van der Waals surface area contributed by atoms with Gasteiger partial charge in [-0.25, -0.2) is 13.8 Å². The third-order valence-corrected chi connectivity index (χ3v) is 6.67. The quantitative estimate of drug-likeness (QED) is 0.446. The molecule has 10 heteroatoms. The highest BCUT2D eigenvalue weighted by molar-refractivity contribution is 5.88. The van der Waals surface area contributed by atoms with Crippen LogP contribution in [0.25, 0.3) is 22.3 Å². The van der Waals surface area contributed by atoms with E-state index in [-0.39, 0.29) is 23.0 Å². The number of ether oxygens (including phenoxy) is 1. The minimum Gasteiger partial charge on any atom is -0.494 e. The number of fused-ring (bicyclic) bond motifs is 3. The average Bonchev–Trinajstić information content (AvgIpc) is 3.21. The molecule has 0 radical (unpaired) electrons. The molecule has 1 N–H and O–H groups in total. The Morgan fingerprint density at radius 1 is 1.14 bits per heavy atom. The van der Waals surface area contributed by atoms with Gasteiger partial charge in [0.05, 0.1) is 42.8 Å². The Morgan fingerprint density at radius 3 is 2.61 bits per heavy atom. The first kappa shape index (κ1) is 24.1. The van der Waals surface area contributed by atoms with E-state index in [9.17, 15) is 5.11 Å². The molecule has 0 fully saturated rings. The topological polar surface area (TPSA) is 79.5 Å². The lowest BCUT2D eigenvalue weighted by Gasteiger charge is -2.28. The molecule has 0 spiro atoms. The van der Waals surface area contributed by atoms with Crippen LogP contribution >= 0.6 is 0 Å². The summed E-state index contributed by atoms with van der Waals surface area (Å²) in [5.41, 5.74) is 4.02. The van der Waals surface area contributed by atoms with Gasteiger partial charge in [0.1, 0.15) is 5.69 Å². The molecule has 0 amide bonds. The van der Waals surface area contributed by atoms with Crippen molar-refractivity contribution in [2.75, 3.05) is 25.1 Å². The molecule has 5 rings (SSSR count). The highest BCUT2D eigenvalue weighted by atomic mass is 19.1. The molecule has 0 bridgehead atoms. The second-order valence-electron chi connectivity index (χ2n) is 9.18. The number of halogens is 2. The van der Waals surface area contributed by atoms with E-state index in [2.05, 4.69) is 28.8 Å². The molecule has 4 aromatic rings. The van der Waals surface area contributed by atoms with Crippen molar-refractivity contribution < 1.29 is 18.6 Å². The van der Waals surface area contributed by atoms with E-state index < -0.39 is 18.2 Å². The van der Waals surface area contributed by atoms with Crippen molar-refractivity contribution in [3.8, 4) is 17.0 Å². The molecule has 8 nitrogen and oxygen atoms in total. The molecule has 0 atom stereocenters. The Morgan fingerprint density at radius 2 is 1.94 bits per heavy atom. The fourth-order valence-corrected chi connectivity index (χ4v) is 4.68. The second-order valence-corrected chi connectivity index (χ2v) is 9.18. The van der Waals surface area contributed by atoms with Gasteiger partial charge in [-0.2, -0.15) is 5.10 Å². The molecule has 0 saturated carbocycles. The molecule has 2 aromatic heterocycles. The zero-order valence-electron chi connectivity index (χ0n) is 20.7. The summed E-state index contributed by atoms with van der Waals surface area (Å²) in [6.45, 7) is 5.03. The summed E-state index contributed by atoms with van der Waals surface area (Å²) in [4.78, 5) is 13.4. The number of hydrogen-bond acceptors (Lipinski definition) is 7. The van der Waals surface area contributed by atoms with Gasteiger partial charge in [0.15, 0.2) is 17.4 Å². The molecule has 2 aromatic carbocycles. The fourth-order valence-electron chi connectivity index (χ4n) is 4.68. The Bertz CT molecular complexity index is 1410. The van der Waals surface area contributed by atoms with Crippen LogP contribution in [0.3, 0.4) is 0 Å². The molecule has 0 aliphatic carbocycles. The average molecular weight is 495 g/mol. The van der Waals surface area contributed by atoms with Crippen molar-refractivity contribution in [2.45, 2.75) is 33.0 Å². The number of benzene rings is 2. The van der Waals surface area contributed by atoms with Gasteiger partial charge < -0.3 is 14.7 Å². The zero-order chi connectivity index (χ0) is 25.6. The number of aryl methyl sites for hydroxylation is 1. The highest BCUT2D eigenvalue weighted by Crippen LogP contribution is 2.41. The van der Waals surface area contributed by atoms with E-state index in [0.29, 0.717) is 42.0 Å². The maximum atomic E-state index is 15.6. The van der Waals surface area contributed by atoms with Gasteiger partial charge in [0, 0.05) is 61.3 Å². The lowest BCUT2D eigenvalue weighted by molar-refractivity contribution is 0.224. The number of nitrogens with zero attached hydrogens (tertiary/aromatic N) is 6. The Labute approximate surface area is 207 Å². The van der Waals surface area contributed by atoms with Crippen molar-refractivity contribution >= 4 is 22.4 Å². The summed E-state index contributed by atoms with van der Waals surface area (Å²) >= 11 is 0. The molecule has 0 unspecified atom stereocenters. The van der Waals surface area contributed by atoms with Gasteiger partial charge >= 0.3 is 0 Å². The van der Waals surface area contributed by atoms with E-state index in [0.717, 1.165) is 11.1 Å². The summed E-state index contributed by atoms with van der Waals surface area (Å²) in [5, 5.41) is 14.0. The number of anilines is 2. The van der Waals surface area contributed by atoms with Crippen LogP contribution in [0.4, 0.5) is 20.2 Å². The lowest BCUT2D eigenvalue weighted by atomic mass is 10.1. The first-order valence-electron chi connectivity index (χ1n) is 11.8. The molecule has 0 saturated heterocycles. The smallest absolute Gasteiger partial charge is 0.191 e. The van der Waals surface area contributed by atoms with E-state index in [1.165, 1.54) is 13.2 Å². The predicted molar refractivity (Wildman–Crippen MR) is 133 cm³/mol. The van der Waals surface area contributed by atoms with Crippen LogP contribution in [0.2, 0.25) is 0 Å². The summed E-state index contributed by atoms with van der Waals surface area (Å²) in [6.07, 6.45) is 5.29. The van der Waals surface area contributed by atoms with Crippen LogP contribution in [0, 0.1) is 11.6 Å². The Hall–Kier alpha value is -3.63. The third kappa shape index (κ3) is 4.06. The van der Waals surface area contributed by atoms with E-state index in [4.69, 9.17) is 9.72 Å². The monoisotopic (exact) mass is 494 g/mol. The normalized spacial score (nSPS) is 14.4. The molecule has 1 aliphatic heterocycles.